The van der Waals surface area contributed by atoms with Crippen LogP contribution < -0.4 is 4.90 Å². The van der Waals surface area contributed by atoms with Crippen LogP contribution in [0.25, 0.3) is 0 Å². The van der Waals surface area contributed by atoms with E-state index in [0.717, 1.165) is 18.9 Å². The highest BCUT2D eigenvalue weighted by molar-refractivity contribution is 5.37. The Morgan fingerprint density at radius 3 is 2.80 bits per heavy atom. The molecule has 1 saturated heterocycles. The van der Waals surface area contributed by atoms with Crippen LogP contribution in [0.4, 0.5) is 5.82 Å². The Morgan fingerprint density at radius 2 is 2.07 bits per heavy atom. The fourth-order valence-corrected chi connectivity index (χ4v) is 2.19. The van der Waals surface area contributed by atoms with Gasteiger partial charge in [-0.2, -0.15) is 0 Å². The highest BCUT2D eigenvalue weighted by atomic mass is 15.2. The van der Waals surface area contributed by atoms with Gasteiger partial charge in [0, 0.05) is 19.3 Å². The van der Waals surface area contributed by atoms with E-state index in [1.165, 1.54) is 19.3 Å². The molecule has 1 aromatic rings. The third-order valence-electron chi connectivity index (χ3n) is 3.31. The van der Waals surface area contributed by atoms with Gasteiger partial charge in [0.25, 0.3) is 0 Å². The second kappa shape index (κ2) is 4.21. The van der Waals surface area contributed by atoms with E-state index in [9.17, 15) is 0 Å². The normalized spacial score (nSPS) is 21.1. The summed E-state index contributed by atoms with van der Waals surface area (Å²) in [6, 6.07) is 6.15. The summed E-state index contributed by atoms with van der Waals surface area (Å²) < 4.78 is 0. The summed E-state index contributed by atoms with van der Waals surface area (Å²) in [5, 5.41) is 0. The lowest BCUT2D eigenvalue weighted by Crippen LogP contribution is -2.25. The van der Waals surface area contributed by atoms with Gasteiger partial charge in [0.2, 0.25) is 0 Å². The first kappa shape index (κ1) is 10.5. The van der Waals surface area contributed by atoms with Crippen molar-refractivity contribution < 1.29 is 0 Å². The van der Waals surface area contributed by atoms with E-state index in [0.29, 0.717) is 5.41 Å². The molecule has 0 radical (unpaired) electrons. The molecule has 2 nitrogen and oxygen atoms in total. The standard InChI is InChI=1S/C13H20N2/c1-13(2)7-5-10-15(11-8-13)12-6-3-4-9-14-12/h3-4,6,9H,5,7-8,10-11H2,1-2H3. The first-order valence-electron chi connectivity index (χ1n) is 5.83. The molecule has 0 unspecified atom stereocenters. The van der Waals surface area contributed by atoms with E-state index in [1.807, 2.05) is 12.3 Å². The van der Waals surface area contributed by atoms with Crippen molar-refractivity contribution in [3.8, 4) is 0 Å². The van der Waals surface area contributed by atoms with Crippen molar-refractivity contribution in [2.75, 3.05) is 18.0 Å². The Kier molecular flexibility index (Phi) is 2.94. The summed E-state index contributed by atoms with van der Waals surface area (Å²) in [7, 11) is 0. The maximum Gasteiger partial charge on any atom is 0.128 e. The molecule has 2 heteroatoms. The molecule has 0 aliphatic carbocycles. The van der Waals surface area contributed by atoms with Crippen LogP contribution in [-0.2, 0) is 0 Å². The summed E-state index contributed by atoms with van der Waals surface area (Å²) >= 11 is 0. The molecule has 0 N–H and O–H groups in total. The first-order chi connectivity index (χ1) is 7.17. The van der Waals surface area contributed by atoms with Crippen LogP contribution >= 0.6 is 0 Å². The quantitative estimate of drug-likeness (QED) is 0.698. The number of anilines is 1. The molecule has 1 aliphatic rings. The fourth-order valence-electron chi connectivity index (χ4n) is 2.19. The zero-order chi connectivity index (χ0) is 10.7. The van der Waals surface area contributed by atoms with Gasteiger partial charge in [0.05, 0.1) is 0 Å². The lowest BCUT2D eigenvalue weighted by molar-refractivity contribution is 0.325. The fraction of sp³-hybridized carbons (Fsp3) is 0.615. The van der Waals surface area contributed by atoms with Crippen molar-refractivity contribution in [3.63, 3.8) is 0 Å². The van der Waals surface area contributed by atoms with Crippen molar-refractivity contribution in [1.29, 1.82) is 0 Å². The third-order valence-corrected chi connectivity index (χ3v) is 3.31. The molecule has 0 saturated carbocycles. The Morgan fingerprint density at radius 1 is 1.20 bits per heavy atom. The molecular weight excluding hydrogens is 184 g/mol. The number of aromatic nitrogens is 1. The number of nitrogens with zero attached hydrogens (tertiary/aromatic N) is 2. The van der Waals surface area contributed by atoms with Crippen LogP contribution in [0.15, 0.2) is 24.4 Å². The summed E-state index contributed by atoms with van der Waals surface area (Å²) in [6.45, 7) is 7.04. The van der Waals surface area contributed by atoms with Crippen LogP contribution in [0.2, 0.25) is 0 Å². The molecule has 0 amide bonds. The lowest BCUT2D eigenvalue weighted by atomic mass is 9.85. The zero-order valence-electron chi connectivity index (χ0n) is 9.74. The monoisotopic (exact) mass is 204 g/mol. The molecule has 2 heterocycles. The second-order valence-corrected chi connectivity index (χ2v) is 5.19. The molecule has 82 valence electrons. The van der Waals surface area contributed by atoms with Gasteiger partial charge in [0.1, 0.15) is 5.82 Å². The van der Waals surface area contributed by atoms with Gasteiger partial charge < -0.3 is 4.90 Å². The predicted molar refractivity (Wildman–Crippen MR) is 64.1 cm³/mol. The van der Waals surface area contributed by atoms with Crippen molar-refractivity contribution in [2.24, 2.45) is 5.41 Å². The van der Waals surface area contributed by atoms with Gasteiger partial charge in [0.15, 0.2) is 0 Å². The Bertz CT molecular complexity index is 306. The van der Waals surface area contributed by atoms with Gasteiger partial charge in [-0.15, -0.1) is 0 Å². The minimum atomic E-state index is 0.504. The van der Waals surface area contributed by atoms with E-state index >= 15 is 0 Å². The average molecular weight is 204 g/mol. The van der Waals surface area contributed by atoms with Gasteiger partial charge in [-0.25, -0.2) is 4.98 Å². The molecule has 0 spiro atoms. The topological polar surface area (TPSA) is 16.1 Å². The summed E-state index contributed by atoms with van der Waals surface area (Å²) in [4.78, 5) is 6.83. The first-order valence-corrected chi connectivity index (χ1v) is 5.83. The van der Waals surface area contributed by atoms with Crippen molar-refractivity contribution in [2.45, 2.75) is 33.1 Å². The van der Waals surface area contributed by atoms with Crippen LogP contribution in [0.1, 0.15) is 33.1 Å². The summed E-state index contributed by atoms with van der Waals surface area (Å²) in [6.07, 6.45) is 5.76. The Balaban J connectivity index is 2.06. The smallest absolute Gasteiger partial charge is 0.128 e. The van der Waals surface area contributed by atoms with E-state index in [4.69, 9.17) is 0 Å². The van der Waals surface area contributed by atoms with E-state index in [-0.39, 0.29) is 0 Å². The largest absolute Gasteiger partial charge is 0.357 e. The van der Waals surface area contributed by atoms with Crippen LogP contribution in [-0.4, -0.2) is 18.1 Å². The van der Waals surface area contributed by atoms with Crippen molar-refractivity contribution >= 4 is 5.82 Å². The number of pyridine rings is 1. The van der Waals surface area contributed by atoms with Gasteiger partial charge in [-0.1, -0.05) is 19.9 Å². The second-order valence-electron chi connectivity index (χ2n) is 5.19. The predicted octanol–water partition coefficient (Wildman–Crippen LogP) is 3.10. The highest BCUT2D eigenvalue weighted by Crippen LogP contribution is 2.30. The minimum absolute atomic E-state index is 0.504. The number of rotatable bonds is 1. The van der Waals surface area contributed by atoms with Gasteiger partial charge in [-0.05, 0) is 36.8 Å². The summed E-state index contributed by atoms with van der Waals surface area (Å²) in [5.74, 6) is 1.13. The zero-order valence-corrected chi connectivity index (χ0v) is 9.74. The Labute approximate surface area is 92.3 Å². The summed E-state index contributed by atoms with van der Waals surface area (Å²) in [5.41, 5.74) is 0.504. The lowest BCUT2D eigenvalue weighted by Gasteiger charge is -2.23. The van der Waals surface area contributed by atoms with Crippen LogP contribution in [0.3, 0.4) is 0 Å². The highest BCUT2D eigenvalue weighted by Gasteiger charge is 2.23. The Hall–Kier alpha value is -1.05. The minimum Gasteiger partial charge on any atom is -0.357 e. The maximum absolute atomic E-state index is 4.42. The molecule has 15 heavy (non-hydrogen) atoms. The third kappa shape index (κ3) is 2.71. The number of hydrogen-bond acceptors (Lipinski definition) is 2. The van der Waals surface area contributed by atoms with Crippen LogP contribution in [0, 0.1) is 5.41 Å². The van der Waals surface area contributed by atoms with Crippen molar-refractivity contribution in [1.82, 2.24) is 4.98 Å². The van der Waals surface area contributed by atoms with E-state index < -0.39 is 0 Å². The van der Waals surface area contributed by atoms with E-state index in [2.05, 4.69) is 35.9 Å². The molecule has 1 fully saturated rings. The van der Waals surface area contributed by atoms with Gasteiger partial charge >= 0.3 is 0 Å². The molecule has 1 aromatic heterocycles. The molecular formula is C13H20N2. The average Bonchev–Trinajstić information content (AvgIpc) is 2.41. The maximum atomic E-state index is 4.42. The molecule has 0 atom stereocenters. The molecule has 1 aliphatic heterocycles. The number of hydrogen-bond donors (Lipinski definition) is 0. The molecule has 2 rings (SSSR count). The van der Waals surface area contributed by atoms with Crippen LogP contribution in [0.5, 0.6) is 0 Å². The SMILES string of the molecule is CC1(C)CCCN(c2ccccn2)CC1. The van der Waals surface area contributed by atoms with Gasteiger partial charge in [-0.3, -0.25) is 0 Å². The van der Waals surface area contributed by atoms with Crippen molar-refractivity contribution in [3.05, 3.63) is 24.4 Å². The van der Waals surface area contributed by atoms with E-state index in [1.54, 1.807) is 0 Å². The molecule has 0 aromatic carbocycles. The molecule has 0 bridgehead atoms.